The molecule has 3 aromatic rings. The number of nitrogens with one attached hydrogen (secondary N) is 1. The van der Waals surface area contributed by atoms with E-state index in [4.69, 9.17) is 21.1 Å². The summed E-state index contributed by atoms with van der Waals surface area (Å²) in [6.07, 6.45) is 0.370. The van der Waals surface area contributed by atoms with E-state index in [1.165, 1.54) is 0 Å². The number of hydrogen-bond donors (Lipinski definition) is 1. The van der Waals surface area contributed by atoms with E-state index in [9.17, 15) is 9.59 Å². The molecular formula is C26H27ClN2O4. The molecule has 0 saturated carbocycles. The predicted octanol–water partition coefficient (Wildman–Crippen LogP) is 4.11. The number of carbonyl (C=O) groups excluding carboxylic acids is 2. The van der Waals surface area contributed by atoms with Gasteiger partial charge in [0.15, 0.2) is 6.61 Å². The zero-order chi connectivity index (χ0) is 23.6. The van der Waals surface area contributed by atoms with Crippen LogP contribution in [0.1, 0.15) is 11.1 Å². The first-order valence-electron chi connectivity index (χ1n) is 10.6. The summed E-state index contributed by atoms with van der Waals surface area (Å²) in [5, 5.41) is 3.11. The zero-order valence-corrected chi connectivity index (χ0v) is 19.4. The summed E-state index contributed by atoms with van der Waals surface area (Å²) in [5.41, 5.74) is 1.81. The summed E-state index contributed by atoms with van der Waals surface area (Å²) >= 11 is 6.16. The Morgan fingerprint density at radius 3 is 2.24 bits per heavy atom. The number of benzene rings is 3. The number of nitrogens with zero attached hydrogens (tertiary/aromatic N) is 1. The van der Waals surface area contributed by atoms with Crippen LogP contribution in [0.2, 0.25) is 5.02 Å². The molecule has 0 aliphatic rings. The van der Waals surface area contributed by atoms with E-state index in [1.807, 2.05) is 54.6 Å². The van der Waals surface area contributed by atoms with Crippen molar-refractivity contribution in [1.82, 2.24) is 10.2 Å². The number of para-hydroxylation sites is 1. The number of methoxy groups -OCH3 is 1. The Bertz CT molecular complexity index is 1060. The number of halogens is 1. The van der Waals surface area contributed by atoms with E-state index < -0.39 is 6.04 Å². The number of likely N-dealkylation sites (N-methyl/N-ethyl adjacent to an activating group) is 1. The van der Waals surface area contributed by atoms with Crippen molar-refractivity contribution >= 4 is 23.4 Å². The second-order valence-electron chi connectivity index (χ2n) is 7.41. The average molecular weight is 467 g/mol. The second-order valence-corrected chi connectivity index (χ2v) is 7.82. The van der Waals surface area contributed by atoms with Crippen molar-refractivity contribution in [2.24, 2.45) is 0 Å². The zero-order valence-electron chi connectivity index (χ0n) is 18.7. The third-order valence-corrected chi connectivity index (χ3v) is 5.53. The third kappa shape index (κ3) is 6.73. The molecule has 7 heteroatoms. The number of ether oxygens (including phenoxy) is 2. The molecule has 0 bridgehead atoms. The molecule has 0 aliphatic heterocycles. The molecule has 0 saturated heterocycles. The highest BCUT2D eigenvalue weighted by Crippen LogP contribution is 2.24. The molecule has 0 heterocycles. The Labute approximate surface area is 199 Å². The van der Waals surface area contributed by atoms with Crippen LogP contribution in [0.3, 0.4) is 0 Å². The van der Waals surface area contributed by atoms with E-state index in [-0.39, 0.29) is 25.0 Å². The van der Waals surface area contributed by atoms with Crippen molar-refractivity contribution in [2.75, 3.05) is 20.8 Å². The van der Waals surface area contributed by atoms with Gasteiger partial charge >= 0.3 is 0 Å². The first-order chi connectivity index (χ1) is 16.0. The normalized spacial score (nSPS) is 11.4. The van der Waals surface area contributed by atoms with Crippen LogP contribution in [0.4, 0.5) is 0 Å². The molecule has 0 radical (unpaired) electrons. The molecule has 3 rings (SSSR count). The van der Waals surface area contributed by atoms with Gasteiger partial charge in [0.05, 0.1) is 12.1 Å². The second kappa shape index (κ2) is 11.9. The van der Waals surface area contributed by atoms with Gasteiger partial charge in [-0.25, -0.2) is 0 Å². The fourth-order valence-electron chi connectivity index (χ4n) is 3.43. The maximum Gasteiger partial charge on any atom is 0.261 e. The number of hydrogen-bond acceptors (Lipinski definition) is 4. The van der Waals surface area contributed by atoms with Crippen LogP contribution in [-0.4, -0.2) is 43.5 Å². The lowest BCUT2D eigenvalue weighted by Crippen LogP contribution is -2.51. The van der Waals surface area contributed by atoms with Crippen molar-refractivity contribution in [3.8, 4) is 11.5 Å². The summed E-state index contributed by atoms with van der Waals surface area (Å²) in [6.45, 7) is -0.0121. The van der Waals surface area contributed by atoms with Gasteiger partial charge in [0.25, 0.3) is 5.91 Å². The Morgan fingerprint density at radius 1 is 0.939 bits per heavy atom. The molecule has 0 unspecified atom stereocenters. The smallest absolute Gasteiger partial charge is 0.261 e. The summed E-state index contributed by atoms with van der Waals surface area (Å²) in [6, 6.07) is 23.2. The predicted molar refractivity (Wildman–Crippen MR) is 128 cm³/mol. The van der Waals surface area contributed by atoms with E-state index in [2.05, 4.69) is 5.32 Å². The molecule has 0 aromatic heterocycles. The monoisotopic (exact) mass is 466 g/mol. The lowest BCUT2D eigenvalue weighted by atomic mass is 10.0. The van der Waals surface area contributed by atoms with Gasteiger partial charge in [-0.15, -0.1) is 0 Å². The van der Waals surface area contributed by atoms with Crippen LogP contribution >= 0.6 is 11.6 Å². The minimum Gasteiger partial charge on any atom is -0.497 e. The Hall–Kier alpha value is -3.51. The molecule has 6 nitrogen and oxygen atoms in total. The van der Waals surface area contributed by atoms with Crippen LogP contribution in [0, 0.1) is 0 Å². The fraction of sp³-hybridized carbons (Fsp3) is 0.231. The standard InChI is InChI=1S/C26H27ClN2O4/c1-28-26(31)23(16-19-8-4-3-5-9-19)29(17-20-12-14-21(32-2)15-13-20)25(30)18-33-24-11-7-6-10-22(24)27/h3-15,23H,16-18H2,1-2H3,(H,28,31)/t23-/m1/s1. The first kappa shape index (κ1) is 24.1. The minimum absolute atomic E-state index is 0.236. The van der Waals surface area contributed by atoms with Crippen LogP contribution in [-0.2, 0) is 22.6 Å². The van der Waals surface area contributed by atoms with Crippen LogP contribution in [0.5, 0.6) is 11.5 Å². The van der Waals surface area contributed by atoms with E-state index in [0.29, 0.717) is 22.9 Å². The summed E-state index contributed by atoms with van der Waals surface area (Å²) in [7, 11) is 3.16. The van der Waals surface area contributed by atoms with Crippen molar-refractivity contribution in [1.29, 1.82) is 0 Å². The quantitative estimate of drug-likeness (QED) is 0.488. The third-order valence-electron chi connectivity index (χ3n) is 5.22. The van der Waals surface area contributed by atoms with Crippen LogP contribution in [0.25, 0.3) is 0 Å². The highest BCUT2D eigenvalue weighted by atomic mass is 35.5. The summed E-state index contributed by atoms with van der Waals surface area (Å²) in [4.78, 5) is 27.8. The molecular weight excluding hydrogens is 440 g/mol. The summed E-state index contributed by atoms with van der Waals surface area (Å²) < 4.78 is 10.9. The molecule has 33 heavy (non-hydrogen) atoms. The van der Waals surface area contributed by atoms with Gasteiger partial charge < -0.3 is 19.7 Å². The number of amides is 2. The van der Waals surface area contributed by atoms with Gasteiger partial charge in [-0.05, 0) is 35.4 Å². The van der Waals surface area contributed by atoms with Crippen molar-refractivity contribution < 1.29 is 19.1 Å². The van der Waals surface area contributed by atoms with Gasteiger partial charge in [-0.3, -0.25) is 9.59 Å². The number of carbonyl (C=O) groups is 2. The molecule has 2 amide bonds. The molecule has 0 aliphatic carbocycles. The largest absolute Gasteiger partial charge is 0.497 e. The van der Waals surface area contributed by atoms with E-state index in [1.54, 1.807) is 43.3 Å². The highest BCUT2D eigenvalue weighted by Gasteiger charge is 2.30. The number of rotatable bonds is 10. The van der Waals surface area contributed by atoms with Gasteiger partial charge in [-0.2, -0.15) is 0 Å². The van der Waals surface area contributed by atoms with Crippen molar-refractivity contribution in [3.63, 3.8) is 0 Å². The SMILES string of the molecule is CNC(=O)[C@@H](Cc1ccccc1)N(Cc1ccc(OC)cc1)C(=O)COc1ccccc1Cl. The van der Waals surface area contributed by atoms with Crippen LogP contribution < -0.4 is 14.8 Å². The topological polar surface area (TPSA) is 67.9 Å². The minimum atomic E-state index is -0.721. The van der Waals surface area contributed by atoms with Gasteiger partial charge in [0.1, 0.15) is 17.5 Å². The maximum absolute atomic E-state index is 13.4. The Kier molecular flexibility index (Phi) is 8.72. The lowest BCUT2D eigenvalue weighted by molar-refractivity contribution is -0.142. The Morgan fingerprint density at radius 2 is 1.61 bits per heavy atom. The molecule has 1 N–H and O–H groups in total. The molecule has 0 spiro atoms. The van der Waals surface area contributed by atoms with Crippen LogP contribution in [0.15, 0.2) is 78.9 Å². The fourth-order valence-corrected chi connectivity index (χ4v) is 3.62. The van der Waals surface area contributed by atoms with Gasteiger partial charge in [0, 0.05) is 20.0 Å². The molecule has 1 atom stereocenters. The maximum atomic E-state index is 13.4. The molecule has 172 valence electrons. The molecule has 0 fully saturated rings. The highest BCUT2D eigenvalue weighted by molar-refractivity contribution is 6.32. The van der Waals surface area contributed by atoms with Crippen molar-refractivity contribution in [3.05, 3.63) is 95.0 Å². The van der Waals surface area contributed by atoms with E-state index >= 15 is 0 Å². The lowest BCUT2D eigenvalue weighted by Gasteiger charge is -2.31. The molecule has 3 aromatic carbocycles. The van der Waals surface area contributed by atoms with Crippen molar-refractivity contribution in [2.45, 2.75) is 19.0 Å². The first-order valence-corrected chi connectivity index (χ1v) is 10.9. The average Bonchev–Trinajstić information content (AvgIpc) is 2.86. The Balaban J connectivity index is 1.87. The van der Waals surface area contributed by atoms with Gasteiger partial charge in [0.2, 0.25) is 5.91 Å². The van der Waals surface area contributed by atoms with E-state index in [0.717, 1.165) is 11.1 Å². The summed E-state index contributed by atoms with van der Waals surface area (Å²) in [5.74, 6) is 0.552. The van der Waals surface area contributed by atoms with Gasteiger partial charge in [-0.1, -0.05) is 66.2 Å².